The van der Waals surface area contributed by atoms with Crippen LogP contribution in [0.5, 0.6) is 0 Å². The molecule has 5 nitrogen and oxygen atoms in total. The third-order valence-electron chi connectivity index (χ3n) is 4.10. The SMILES string of the molecule is N[C@@H]1CCC[C@H]1CC(=O)NCc1cn2cc(Cl)ccc2n1. The van der Waals surface area contributed by atoms with Crippen LogP contribution in [-0.4, -0.2) is 21.3 Å². The van der Waals surface area contributed by atoms with Crippen LogP contribution in [0.15, 0.2) is 24.5 Å². The predicted molar refractivity (Wildman–Crippen MR) is 82.0 cm³/mol. The van der Waals surface area contributed by atoms with Crippen molar-refractivity contribution in [2.24, 2.45) is 11.7 Å². The molecule has 2 atom stereocenters. The number of halogens is 1. The zero-order chi connectivity index (χ0) is 14.8. The molecule has 6 heteroatoms. The number of nitrogens with two attached hydrogens (primary N) is 1. The normalized spacial score (nSPS) is 21.8. The number of carbonyl (C=O) groups excluding carboxylic acids is 1. The van der Waals surface area contributed by atoms with Crippen LogP contribution in [0.2, 0.25) is 5.02 Å². The highest BCUT2D eigenvalue weighted by atomic mass is 35.5. The molecule has 0 aliphatic heterocycles. The van der Waals surface area contributed by atoms with Crippen molar-refractivity contribution in [1.82, 2.24) is 14.7 Å². The van der Waals surface area contributed by atoms with E-state index in [1.165, 1.54) is 0 Å². The van der Waals surface area contributed by atoms with Gasteiger partial charge in [-0.1, -0.05) is 18.0 Å². The minimum Gasteiger partial charge on any atom is -0.350 e. The van der Waals surface area contributed by atoms with E-state index in [4.69, 9.17) is 17.3 Å². The molecule has 0 radical (unpaired) electrons. The summed E-state index contributed by atoms with van der Waals surface area (Å²) >= 11 is 5.93. The van der Waals surface area contributed by atoms with E-state index in [1.807, 2.05) is 16.7 Å². The summed E-state index contributed by atoms with van der Waals surface area (Å²) in [7, 11) is 0. The minimum atomic E-state index is 0.0486. The molecule has 0 unspecified atom stereocenters. The molecule has 0 bridgehead atoms. The lowest BCUT2D eigenvalue weighted by molar-refractivity contribution is -0.122. The van der Waals surface area contributed by atoms with Gasteiger partial charge in [-0.2, -0.15) is 0 Å². The smallest absolute Gasteiger partial charge is 0.220 e. The standard InChI is InChI=1S/C15H19ClN4O/c16-11-4-5-14-19-12(9-20(14)8-11)7-18-15(21)6-10-2-1-3-13(10)17/h4-5,8-10,13H,1-3,6-7,17H2,(H,18,21)/t10-,13+/m0/s1. The number of amides is 1. The molecule has 2 aromatic heterocycles. The lowest BCUT2D eigenvalue weighted by Crippen LogP contribution is -2.31. The van der Waals surface area contributed by atoms with Gasteiger partial charge in [0.1, 0.15) is 5.65 Å². The topological polar surface area (TPSA) is 72.4 Å². The van der Waals surface area contributed by atoms with Gasteiger partial charge < -0.3 is 15.5 Å². The Labute approximate surface area is 128 Å². The van der Waals surface area contributed by atoms with Crippen molar-refractivity contribution in [1.29, 1.82) is 0 Å². The summed E-state index contributed by atoms with van der Waals surface area (Å²) in [6.07, 6.45) is 7.41. The van der Waals surface area contributed by atoms with E-state index < -0.39 is 0 Å². The molecule has 0 aromatic carbocycles. The van der Waals surface area contributed by atoms with Crippen molar-refractivity contribution in [2.45, 2.75) is 38.3 Å². The first-order valence-corrected chi connectivity index (χ1v) is 7.65. The van der Waals surface area contributed by atoms with Gasteiger partial charge in [0.05, 0.1) is 17.3 Å². The third kappa shape index (κ3) is 3.36. The van der Waals surface area contributed by atoms with Gasteiger partial charge >= 0.3 is 0 Å². The summed E-state index contributed by atoms with van der Waals surface area (Å²) in [5.41, 5.74) is 7.63. The molecule has 2 aromatic rings. The number of nitrogens with zero attached hydrogens (tertiary/aromatic N) is 2. The first-order chi connectivity index (χ1) is 10.1. The van der Waals surface area contributed by atoms with Gasteiger partial charge in [-0.25, -0.2) is 4.98 Å². The van der Waals surface area contributed by atoms with Crippen molar-refractivity contribution in [3.8, 4) is 0 Å². The molecule has 3 N–H and O–H groups in total. The van der Waals surface area contributed by atoms with E-state index in [1.54, 1.807) is 12.3 Å². The van der Waals surface area contributed by atoms with Gasteiger partial charge in [-0.3, -0.25) is 4.79 Å². The van der Waals surface area contributed by atoms with Crippen LogP contribution in [0, 0.1) is 5.92 Å². The average Bonchev–Trinajstić information content (AvgIpc) is 3.02. The summed E-state index contributed by atoms with van der Waals surface area (Å²) in [6, 6.07) is 3.83. The first-order valence-electron chi connectivity index (χ1n) is 7.27. The highest BCUT2D eigenvalue weighted by Crippen LogP contribution is 2.26. The number of hydrogen-bond donors (Lipinski definition) is 2. The maximum absolute atomic E-state index is 12.0. The zero-order valence-electron chi connectivity index (χ0n) is 11.8. The zero-order valence-corrected chi connectivity index (χ0v) is 12.5. The summed E-state index contributed by atoms with van der Waals surface area (Å²) in [5, 5.41) is 3.58. The maximum Gasteiger partial charge on any atom is 0.220 e. The van der Waals surface area contributed by atoms with Crippen molar-refractivity contribution in [3.63, 3.8) is 0 Å². The summed E-state index contributed by atoms with van der Waals surface area (Å²) < 4.78 is 1.86. The van der Waals surface area contributed by atoms with Crippen LogP contribution >= 0.6 is 11.6 Å². The summed E-state index contributed by atoms with van der Waals surface area (Å²) in [4.78, 5) is 16.4. The molecular formula is C15H19ClN4O. The Balaban J connectivity index is 1.57. The molecule has 1 amide bonds. The van der Waals surface area contributed by atoms with Crippen LogP contribution in [0.3, 0.4) is 0 Å². The molecule has 1 saturated carbocycles. The lowest BCUT2D eigenvalue weighted by Gasteiger charge is -2.14. The fraction of sp³-hybridized carbons (Fsp3) is 0.467. The predicted octanol–water partition coefficient (Wildman–Crippen LogP) is 2.12. The largest absolute Gasteiger partial charge is 0.350 e. The van der Waals surface area contributed by atoms with E-state index >= 15 is 0 Å². The molecule has 2 heterocycles. The molecule has 112 valence electrons. The average molecular weight is 307 g/mol. The van der Waals surface area contributed by atoms with Crippen molar-refractivity contribution >= 4 is 23.2 Å². The minimum absolute atomic E-state index is 0.0486. The lowest BCUT2D eigenvalue weighted by atomic mass is 10.00. The molecule has 0 saturated heterocycles. The van der Waals surface area contributed by atoms with E-state index in [9.17, 15) is 4.79 Å². The van der Waals surface area contributed by atoms with Crippen molar-refractivity contribution in [2.75, 3.05) is 0 Å². The summed E-state index contributed by atoms with van der Waals surface area (Å²) in [5.74, 6) is 0.373. The highest BCUT2D eigenvalue weighted by Gasteiger charge is 2.25. The Morgan fingerprint density at radius 1 is 1.43 bits per heavy atom. The second-order valence-electron chi connectivity index (χ2n) is 5.68. The number of nitrogens with one attached hydrogen (secondary N) is 1. The Kier molecular flexibility index (Phi) is 4.12. The fourth-order valence-corrected chi connectivity index (χ4v) is 3.09. The molecule has 21 heavy (non-hydrogen) atoms. The van der Waals surface area contributed by atoms with Gasteiger partial charge in [-0.05, 0) is 30.9 Å². The Bertz CT molecular complexity index is 654. The van der Waals surface area contributed by atoms with Crippen molar-refractivity contribution < 1.29 is 4.79 Å². The van der Waals surface area contributed by atoms with Gasteiger partial charge in [0.25, 0.3) is 0 Å². The molecule has 3 rings (SSSR count). The monoisotopic (exact) mass is 306 g/mol. The summed E-state index contributed by atoms with van der Waals surface area (Å²) in [6.45, 7) is 0.431. The Hall–Kier alpha value is -1.59. The quantitative estimate of drug-likeness (QED) is 0.909. The molecule has 0 spiro atoms. The number of aromatic nitrogens is 2. The van der Waals surface area contributed by atoms with Crippen LogP contribution in [0.1, 0.15) is 31.4 Å². The fourth-order valence-electron chi connectivity index (χ4n) is 2.92. The van der Waals surface area contributed by atoms with Gasteiger partial charge in [-0.15, -0.1) is 0 Å². The van der Waals surface area contributed by atoms with E-state index in [0.29, 0.717) is 23.9 Å². The van der Waals surface area contributed by atoms with Crippen molar-refractivity contribution in [3.05, 3.63) is 35.2 Å². The number of rotatable bonds is 4. The van der Waals surface area contributed by atoms with E-state index in [2.05, 4.69) is 10.3 Å². The van der Waals surface area contributed by atoms with Gasteiger partial charge in [0.15, 0.2) is 0 Å². The van der Waals surface area contributed by atoms with Crippen LogP contribution in [0.4, 0.5) is 0 Å². The number of pyridine rings is 1. The van der Waals surface area contributed by atoms with E-state index in [-0.39, 0.29) is 11.9 Å². The number of imidazole rings is 1. The number of fused-ring (bicyclic) bond motifs is 1. The molecule has 1 fully saturated rings. The van der Waals surface area contributed by atoms with Crippen LogP contribution in [0.25, 0.3) is 5.65 Å². The number of hydrogen-bond acceptors (Lipinski definition) is 3. The molecular weight excluding hydrogens is 288 g/mol. The second-order valence-corrected chi connectivity index (χ2v) is 6.12. The number of carbonyl (C=O) groups is 1. The van der Waals surface area contributed by atoms with Gasteiger partial charge in [0, 0.05) is 24.9 Å². The Morgan fingerprint density at radius 2 is 2.29 bits per heavy atom. The molecule has 1 aliphatic carbocycles. The van der Waals surface area contributed by atoms with Crippen LogP contribution < -0.4 is 11.1 Å². The first kappa shape index (κ1) is 14.4. The van der Waals surface area contributed by atoms with Gasteiger partial charge in [0.2, 0.25) is 5.91 Å². The second kappa shape index (κ2) is 6.03. The highest BCUT2D eigenvalue weighted by molar-refractivity contribution is 6.30. The molecule has 1 aliphatic rings. The maximum atomic E-state index is 12.0. The van der Waals surface area contributed by atoms with E-state index in [0.717, 1.165) is 30.6 Å². The van der Waals surface area contributed by atoms with Crippen LogP contribution in [-0.2, 0) is 11.3 Å². The third-order valence-corrected chi connectivity index (χ3v) is 4.32. The Morgan fingerprint density at radius 3 is 3.05 bits per heavy atom.